The number of carbonyl (C=O) groups excluding carboxylic acids is 3. The molecule has 27 heavy (non-hydrogen) atoms. The van der Waals surface area contributed by atoms with Gasteiger partial charge in [0.15, 0.2) is 0 Å². The summed E-state index contributed by atoms with van der Waals surface area (Å²) in [5.41, 5.74) is 2.65. The fourth-order valence-corrected chi connectivity index (χ4v) is 4.26. The average Bonchev–Trinajstić information content (AvgIpc) is 2.98. The Balaban J connectivity index is 1.46. The number of benzene rings is 1. The van der Waals surface area contributed by atoms with Crippen LogP contribution in [0.15, 0.2) is 18.2 Å². The van der Waals surface area contributed by atoms with Crippen LogP contribution in [-0.4, -0.2) is 47.3 Å². The van der Waals surface area contributed by atoms with Gasteiger partial charge in [-0.15, -0.1) is 0 Å². The molecule has 3 unspecified atom stereocenters. The van der Waals surface area contributed by atoms with E-state index in [1.807, 2.05) is 18.2 Å². The third-order valence-electron chi connectivity index (χ3n) is 5.88. The summed E-state index contributed by atoms with van der Waals surface area (Å²) in [7, 11) is 0. The number of amides is 3. The van der Waals surface area contributed by atoms with Gasteiger partial charge in [0.1, 0.15) is 6.04 Å². The first-order chi connectivity index (χ1) is 13.0. The molecule has 1 aromatic rings. The van der Waals surface area contributed by atoms with E-state index in [1.54, 1.807) is 4.90 Å². The number of imide groups is 1. The zero-order valence-corrected chi connectivity index (χ0v) is 15.6. The maximum Gasteiger partial charge on any atom is 0.255 e. The van der Waals surface area contributed by atoms with Crippen molar-refractivity contribution in [2.24, 2.45) is 0 Å². The lowest BCUT2D eigenvalue weighted by atomic mass is 10.00. The van der Waals surface area contributed by atoms with Crippen molar-refractivity contribution in [1.82, 2.24) is 20.9 Å². The van der Waals surface area contributed by atoms with E-state index in [0.717, 1.165) is 30.5 Å². The molecular weight excluding hydrogens is 344 g/mol. The lowest BCUT2D eigenvalue weighted by Crippen LogP contribution is -2.52. The normalized spacial score (nSPS) is 28.3. The van der Waals surface area contributed by atoms with Gasteiger partial charge in [0.25, 0.3) is 5.91 Å². The fraction of sp³-hybridized carbons (Fsp3) is 0.550. The van der Waals surface area contributed by atoms with E-state index in [9.17, 15) is 14.4 Å². The number of nitrogens with zero attached hydrogens (tertiary/aromatic N) is 1. The van der Waals surface area contributed by atoms with Crippen molar-refractivity contribution in [1.29, 1.82) is 0 Å². The summed E-state index contributed by atoms with van der Waals surface area (Å²) in [5, 5.41) is 9.39. The number of fused-ring (bicyclic) bond motifs is 1. The van der Waals surface area contributed by atoms with Gasteiger partial charge in [-0.25, -0.2) is 0 Å². The second kappa shape index (κ2) is 7.40. The van der Waals surface area contributed by atoms with E-state index in [4.69, 9.17) is 0 Å². The van der Waals surface area contributed by atoms with Crippen LogP contribution in [0.4, 0.5) is 0 Å². The summed E-state index contributed by atoms with van der Waals surface area (Å²) < 4.78 is 0. The largest absolute Gasteiger partial charge is 0.322 e. The predicted octanol–water partition coefficient (Wildman–Crippen LogP) is 0.678. The maximum atomic E-state index is 13.1. The van der Waals surface area contributed by atoms with Crippen molar-refractivity contribution in [3.63, 3.8) is 0 Å². The van der Waals surface area contributed by atoms with Crippen molar-refractivity contribution < 1.29 is 14.4 Å². The maximum absolute atomic E-state index is 13.1. The van der Waals surface area contributed by atoms with Crippen LogP contribution in [0.3, 0.4) is 0 Å². The second-order valence-electron chi connectivity index (χ2n) is 7.82. The average molecular weight is 370 g/mol. The second-order valence-corrected chi connectivity index (χ2v) is 7.82. The van der Waals surface area contributed by atoms with Crippen LogP contribution in [0.25, 0.3) is 0 Å². The number of hydrogen-bond acceptors (Lipinski definition) is 5. The Morgan fingerprint density at radius 3 is 2.78 bits per heavy atom. The number of hydrogen-bond donors (Lipinski definition) is 3. The molecule has 3 N–H and O–H groups in total. The fourth-order valence-electron chi connectivity index (χ4n) is 4.26. The minimum Gasteiger partial charge on any atom is -0.322 e. The van der Waals surface area contributed by atoms with Crippen LogP contribution < -0.4 is 16.0 Å². The smallest absolute Gasteiger partial charge is 0.255 e. The van der Waals surface area contributed by atoms with Crippen LogP contribution in [0.1, 0.15) is 54.1 Å². The van der Waals surface area contributed by atoms with Crippen LogP contribution in [0, 0.1) is 0 Å². The summed E-state index contributed by atoms with van der Waals surface area (Å²) in [6.45, 7) is 4.20. The van der Waals surface area contributed by atoms with Crippen LogP contribution in [0.5, 0.6) is 0 Å². The Bertz CT molecular complexity index is 770. The molecule has 7 nitrogen and oxygen atoms in total. The zero-order chi connectivity index (χ0) is 19.0. The minimum atomic E-state index is -0.563. The molecule has 1 aromatic carbocycles. The summed E-state index contributed by atoms with van der Waals surface area (Å²) in [5.74, 6) is -0.734. The predicted molar refractivity (Wildman–Crippen MR) is 99.8 cm³/mol. The Morgan fingerprint density at radius 1 is 1.19 bits per heavy atom. The van der Waals surface area contributed by atoms with Crippen LogP contribution in [-0.2, 0) is 22.7 Å². The highest BCUT2D eigenvalue weighted by Crippen LogP contribution is 2.30. The highest BCUT2D eigenvalue weighted by molar-refractivity contribution is 6.05. The molecule has 3 atom stereocenters. The van der Waals surface area contributed by atoms with E-state index >= 15 is 0 Å². The van der Waals surface area contributed by atoms with Gasteiger partial charge >= 0.3 is 0 Å². The first-order valence-electron chi connectivity index (χ1n) is 9.75. The molecule has 0 radical (unpaired) electrons. The Kier molecular flexibility index (Phi) is 4.97. The SMILES string of the molecule is CC1CCC(NCc2cccc3c2C(=O)N(C2CCC(=O)NC2=O)C3)CN1. The van der Waals surface area contributed by atoms with Gasteiger partial charge in [-0.1, -0.05) is 18.2 Å². The number of nitrogens with one attached hydrogen (secondary N) is 3. The van der Waals surface area contributed by atoms with Gasteiger partial charge in [-0.2, -0.15) is 0 Å². The number of rotatable bonds is 4. The molecular formula is C20H26N4O3. The van der Waals surface area contributed by atoms with Gasteiger partial charge in [0.05, 0.1) is 0 Å². The van der Waals surface area contributed by atoms with Crippen molar-refractivity contribution in [2.75, 3.05) is 6.54 Å². The van der Waals surface area contributed by atoms with Crippen LogP contribution in [0.2, 0.25) is 0 Å². The summed E-state index contributed by atoms with van der Waals surface area (Å²) in [6.07, 6.45) is 2.94. The van der Waals surface area contributed by atoms with Crippen molar-refractivity contribution in [3.8, 4) is 0 Å². The van der Waals surface area contributed by atoms with Crippen molar-refractivity contribution >= 4 is 17.7 Å². The molecule has 144 valence electrons. The summed E-state index contributed by atoms with van der Waals surface area (Å²) >= 11 is 0. The van der Waals surface area contributed by atoms with Crippen molar-refractivity contribution in [2.45, 2.75) is 63.8 Å². The number of piperidine rings is 2. The topological polar surface area (TPSA) is 90.5 Å². The molecule has 0 bridgehead atoms. The van der Waals surface area contributed by atoms with Crippen molar-refractivity contribution in [3.05, 3.63) is 34.9 Å². The third kappa shape index (κ3) is 3.61. The van der Waals surface area contributed by atoms with E-state index in [0.29, 0.717) is 37.2 Å². The molecule has 3 aliphatic heterocycles. The molecule has 4 rings (SSSR count). The Hall–Kier alpha value is -2.25. The van der Waals surface area contributed by atoms with Gasteiger partial charge in [-0.3, -0.25) is 19.7 Å². The summed E-state index contributed by atoms with van der Waals surface area (Å²) in [6, 6.07) is 6.31. The summed E-state index contributed by atoms with van der Waals surface area (Å²) in [4.78, 5) is 38.3. The Morgan fingerprint density at radius 2 is 2.04 bits per heavy atom. The first-order valence-corrected chi connectivity index (χ1v) is 9.75. The standard InChI is InChI=1S/C20H26N4O3/c1-12-5-6-15(10-21-12)22-9-13-3-2-4-14-11-24(20(27)18(13)14)16-7-8-17(25)23-19(16)26/h2-4,12,15-16,21-22H,5-11H2,1H3,(H,23,25,26). The molecule has 0 spiro atoms. The molecule has 3 aliphatic rings. The molecule has 2 fully saturated rings. The number of carbonyl (C=O) groups is 3. The third-order valence-corrected chi connectivity index (χ3v) is 5.88. The van der Waals surface area contributed by atoms with Gasteiger partial charge in [0, 0.05) is 43.7 Å². The molecule has 3 amide bonds. The first kappa shape index (κ1) is 18.1. The lowest BCUT2D eigenvalue weighted by molar-refractivity contribution is -0.136. The van der Waals surface area contributed by atoms with E-state index in [2.05, 4.69) is 22.9 Å². The molecule has 0 saturated carbocycles. The Labute approximate surface area is 158 Å². The quantitative estimate of drug-likeness (QED) is 0.678. The molecule has 3 heterocycles. The van der Waals surface area contributed by atoms with Gasteiger partial charge < -0.3 is 15.5 Å². The zero-order valence-electron chi connectivity index (χ0n) is 15.6. The molecule has 2 saturated heterocycles. The highest BCUT2D eigenvalue weighted by atomic mass is 16.2. The van der Waals surface area contributed by atoms with E-state index < -0.39 is 6.04 Å². The van der Waals surface area contributed by atoms with E-state index in [-0.39, 0.29) is 24.1 Å². The molecule has 0 aromatic heterocycles. The van der Waals surface area contributed by atoms with Gasteiger partial charge in [-0.05, 0) is 37.3 Å². The lowest BCUT2D eigenvalue weighted by Gasteiger charge is -2.29. The monoisotopic (exact) mass is 370 g/mol. The van der Waals surface area contributed by atoms with E-state index in [1.165, 1.54) is 0 Å². The minimum absolute atomic E-state index is 0.104. The van der Waals surface area contributed by atoms with Crippen LogP contribution >= 0.6 is 0 Å². The molecule has 0 aliphatic carbocycles. The van der Waals surface area contributed by atoms with Gasteiger partial charge in [0.2, 0.25) is 11.8 Å². The molecule has 7 heteroatoms. The highest BCUT2D eigenvalue weighted by Gasteiger charge is 2.39.